The van der Waals surface area contributed by atoms with E-state index in [1.807, 2.05) is 18.5 Å². The van der Waals surface area contributed by atoms with Crippen LogP contribution in [0.1, 0.15) is 28.2 Å². The first kappa shape index (κ1) is 15.7. The first-order valence-electron chi connectivity index (χ1n) is 8.79. The van der Waals surface area contributed by atoms with E-state index in [-0.39, 0.29) is 5.41 Å². The molecule has 0 saturated carbocycles. The van der Waals surface area contributed by atoms with Gasteiger partial charge in [0.05, 0.1) is 0 Å². The van der Waals surface area contributed by atoms with Crippen LogP contribution in [0.3, 0.4) is 0 Å². The topological polar surface area (TPSA) is 80.5 Å². The van der Waals surface area contributed by atoms with Gasteiger partial charge in [0.25, 0.3) is 5.89 Å². The number of nitrogens with zero attached hydrogens (tertiary/aromatic N) is 4. The largest absolute Gasteiger partial charge is 0.332 e. The van der Waals surface area contributed by atoms with Crippen LogP contribution in [-0.2, 0) is 11.8 Å². The smallest absolute Gasteiger partial charge is 0.279 e. The van der Waals surface area contributed by atoms with Crippen LogP contribution in [0.15, 0.2) is 65.5 Å². The predicted molar refractivity (Wildman–Crippen MR) is 101 cm³/mol. The van der Waals surface area contributed by atoms with Crippen molar-refractivity contribution in [1.82, 2.24) is 25.3 Å². The van der Waals surface area contributed by atoms with Gasteiger partial charge < -0.3 is 4.52 Å². The minimum absolute atomic E-state index is 0.286. The highest BCUT2D eigenvalue weighted by atomic mass is 16.5. The minimum Gasteiger partial charge on any atom is -0.332 e. The SMILES string of the molecule is Cc1noc(-c2n[nH]c3c2C=CC(c2ccccc2)(c2ccncc2)C3)n1. The Balaban J connectivity index is 1.66. The Kier molecular flexibility index (Phi) is 3.50. The van der Waals surface area contributed by atoms with Crippen LogP contribution in [0.25, 0.3) is 17.7 Å². The molecule has 0 fully saturated rings. The molecule has 0 amide bonds. The number of benzene rings is 1. The lowest BCUT2D eigenvalue weighted by Crippen LogP contribution is -2.30. The van der Waals surface area contributed by atoms with Crippen molar-refractivity contribution in [2.75, 3.05) is 0 Å². The maximum Gasteiger partial charge on any atom is 0.279 e. The monoisotopic (exact) mass is 355 g/mol. The van der Waals surface area contributed by atoms with Crippen LogP contribution in [0.4, 0.5) is 0 Å². The molecule has 6 heteroatoms. The third kappa shape index (κ3) is 2.49. The zero-order valence-electron chi connectivity index (χ0n) is 14.8. The average Bonchev–Trinajstić information content (AvgIpc) is 3.34. The van der Waals surface area contributed by atoms with E-state index in [2.05, 4.69) is 73.9 Å². The molecule has 1 aliphatic rings. The first-order chi connectivity index (χ1) is 13.3. The zero-order chi connectivity index (χ0) is 18.3. The van der Waals surface area contributed by atoms with Gasteiger partial charge in [0.2, 0.25) is 0 Å². The fraction of sp³-hybridized carbons (Fsp3) is 0.143. The molecule has 132 valence electrons. The van der Waals surface area contributed by atoms with Crippen molar-refractivity contribution in [3.63, 3.8) is 0 Å². The van der Waals surface area contributed by atoms with Crippen LogP contribution in [0.2, 0.25) is 0 Å². The molecule has 4 aromatic rings. The van der Waals surface area contributed by atoms with Crippen molar-refractivity contribution >= 4 is 6.08 Å². The molecule has 0 aliphatic heterocycles. The third-order valence-corrected chi connectivity index (χ3v) is 5.09. The Hall–Kier alpha value is -3.54. The second kappa shape index (κ2) is 6.02. The van der Waals surface area contributed by atoms with Gasteiger partial charge in [-0.25, -0.2) is 0 Å². The van der Waals surface area contributed by atoms with Crippen LogP contribution in [-0.4, -0.2) is 25.3 Å². The molecule has 6 nitrogen and oxygen atoms in total. The number of aryl methyl sites for hydroxylation is 1. The zero-order valence-corrected chi connectivity index (χ0v) is 14.8. The lowest BCUT2D eigenvalue weighted by atomic mass is 9.68. The second-order valence-electron chi connectivity index (χ2n) is 6.69. The minimum atomic E-state index is -0.286. The summed E-state index contributed by atoms with van der Waals surface area (Å²) in [4.78, 5) is 8.50. The van der Waals surface area contributed by atoms with Crippen LogP contribution in [0.5, 0.6) is 0 Å². The van der Waals surface area contributed by atoms with Crippen molar-refractivity contribution in [2.24, 2.45) is 0 Å². The van der Waals surface area contributed by atoms with E-state index in [9.17, 15) is 0 Å². The lowest BCUT2D eigenvalue weighted by Gasteiger charge is -2.34. The molecule has 3 heterocycles. The van der Waals surface area contributed by atoms with E-state index in [1.54, 1.807) is 6.92 Å². The lowest BCUT2D eigenvalue weighted by molar-refractivity contribution is 0.424. The number of hydrogen-bond donors (Lipinski definition) is 1. The number of aromatic nitrogens is 5. The van der Waals surface area contributed by atoms with Crippen molar-refractivity contribution in [1.29, 1.82) is 0 Å². The standard InChI is InChI=1S/C21H17N5O/c1-14-23-20(27-26-14)19-17-7-10-21(13-18(17)24-25-19,15-5-3-2-4-6-15)16-8-11-22-12-9-16/h2-12H,13H2,1H3,(H,24,25). The molecule has 1 aromatic carbocycles. The Labute approximate surface area is 156 Å². The number of fused-ring (bicyclic) bond motifs is 1. The normalized spacial score (nSPS) is 18.4. The summed E-state index contributed by atoms with van der Waals surface area (Å²) in [5, 5.41) is 11.5. The van der Waals surface area contributed by atoms with Crippen molar-refractivity contribution in [3.8, 4) is 11.6 Å². The highest BCUT2D eigenvalue weighted by Gasteiger charge is 2.37. The summed E-state index contributed by atoms with van der Waals surface area (Å²) in [5.74, 6) is 1.03. The van der Waals surface area contributed by atoms with Gasteiger partial charge >= 0.3 is 0 Å². The fourth-order valence-corrected chi connectivity index (χ4v) is 3.77. The third-order valence-electron chi connectivity index (χ3n) is 5.09. The number of rotatable bonds is 3. The molecular formula is C21H17N5O. The van der Waals surface area contributed by atoms with Crippen molar-refractivity contribution < 1.29 is 4.52 Å². The van der Waals surface area contributed by atoms with Crippen LogP contribution < -0.4 is 0 Å². The maximum atomic E-state index is 5.31. The molecule has 0 radical (unpaired) electrons. The number of aromatic amines is 1. The summed E-state index contributed by atoms with van der Waals surface area (Å²) in [6.45, 7) is 1.80. The molecule has 27 heavy (non-hydrogen) atoms. The van der Waals surface area contributed by atoms with Gasteiger partial charge in [-0.15, -0.1) is 0 Å². The van der Waals surface area contributed by atoms with Gasteiger partial charge in [0.15, 0.2) is 11.5 Å². The molecular weight excluding hydrogens is 338 g/mol. The summed E-state index contributed by atoms with van der Waals surface area (Å²) in [7, 11) is 0. The highest BCUT2D eigenvalue weighted by Crippen LogP contribution is 2.42. The fourth-order valence-electron chi connectivity index (χ4n) is 3.77. The molecule has 0 spiro atoms. The van der Waals surface area contributed by atoms with Gasteiger partial charge in [-0.05, 0) is 30.2 Å². The summed E-state index contributed by atoms with van der Waals surface area (Å²) in [6.07, 6.45) is 8.77. The quantitative estimate of drug-likeness (QED) is 0.606. The van der Waals surface area contributed by atoms with Gasteiger partial charge in [-0.2, -0.15) is 10.1 Å². The molecule has 1 unspecified atom stereocenters. The number of nitrogens with one attached hydrogen (secondary N) is 1. The number of hydrogen-bond acceptors (Lipinski definition) is 5. The summed E-state index contributed by atoms with van der Waals surface area (Å²) in [6, 6.07) is 14.6. The van der Waals surface area contributed by atoms with E-state index < -0.39 is 0 Å². The first-order valence-corrected chi connectivity index (χ1v) is 8.79. The van der Waals surface area contributed by atoms with Gasteiger partial charge in [0, 0.05) is 35.5 Å². The maximum absolute atomic E-state index is 5.31. The molecule has 1 atom stereocenters. The van der Waals surface area contributed by atoms with Gasteiger partial charge in [-0.1, -0.05) is 47.6 Å². The Morgan fingerprint density at radius 2 is 1.81 bits per heavy atom. The molecule has 0 saturated heterocycles. The summed E-state index contributed by atoms with van der Waals surface area (Å²) in [5.41, 5.74) is 4.87. The molecule has 1 aliphatic carbocycles. The number of allylic oxidation sites excluding steroid dienone is 1. The Bertz CT molecular complexity index is 1070. The van der Waals surface area contributed by atoms with E-state index in [4.69, 9.17) is 4.52 Å². The highest BCUT2D eigenvalue weighted by molar-refractivity contribution is 5.72. The van der Waals surface area contributed by atoms with E-state index in [0.29, 0.717) is 17.4 Å². The Morgan fingerprint density at radius 1 is 1.04 bits per heavy atom. The number of H-pyrrole nitrogens is 1. The number of pyridine rings is 1. The van der Waals surface area contributed by atoms with Crippen LogP contribution in [0, 0.1) is 6.92 Å². The van der Waals surface area contributed by atoms with E-state index in [0.717, 1.165) is 17.7 Å². The molecule has 3 aromatic heterocycles. The predicted octanol–water partition coefficient (Wildman–Crippen LogP) is 3.72. The van der Waals surface area contributed by atoms with Gasteiger partial charge in [-0.3, -0.25) is 10.1 Å². The van der Waals surface area contributed by atoms with Gasteiger partial charge in [0.1, 0.15) is 0 Å². The average molecular weight is 355 g/mol. The summed E-state index contributed by atoms with van der Waals surface area (Å²) >= 11 is 0. The van der Waals surface area contributed by atoms with E-state index in [1.165, 1.54) is 11.1 Å². The van der Waals surface area contributed by atoms with Crippen LogP contribution >= 0.6 is 0 Å². The van der Waals surface area contributed by atoms with E-state index >= 15 is 0 Å². The second-order valence-corrected chi connectivity index (χ2v) is 6.69. The van der Waals surface area contributed by atoms with Crippen molar-refractivity contribution in [2.45, 2.75) is 18.8 Å². The summed E-state index contributed by atoms with van der Waals surface area (Å²) < 4.78 is 5.31. The Morgan fingerprint density at radius 3 is 2.56 bits per heavy atom. The van der Waals surface area contributed by atoms with Crippen molar-refractivity contribution in [3.05, 3.63) is 89.1 Å². The molecule has 0 bridgehead atoms. The molecule has 1 N–H and O–H groups in total. The molecule has 5 rings (SSSR count).